The predicted molar refractivity (Wildman–Crippen MR) is 151 cm³/mol. The van der Waals surface area contributed by atoms with Crippen molar-refractivity contribution in [2.45, 2.75) is 26.4 Å². The van der Waals surface area contributed by atoms with Crippen LogP contribution in [0.3, 0.4) is 0 Å². The zero-order chi connectivity index (χ0) is 29.1. The average Bonchev–Trinajstić information content (AvgIpc) is 3.23. The summed E-state index contributed by atoms with van der Waals surface area (Å²) in [5.74, 6) is 0.683. The third kappa shape index (κ3) is 5.60. The fourth-order valence-electron chi connectivity index (χ4n) is 4.63. The fourth-order valence-corrected chi connectivity index (χ4v) is 4.63. The molecule has 0 aliphatic carbocycles. The highest BCUT2D eigenvalue weighted by molar-refractivity contribution is 6.11. The predicted octanol–water partition coefficient (Wildman–Crippen LogP) is 5.94. The van der Waals surface area contributed by atoms with Crippen molar-refractivity contribution in [2.24, 2.45) is 0 Å². The van der Waals surface area contributed by atoms with Gasteiger partial charge in [0.25, 0.3) is 5.91 Å². The number of carbonyl (C=O) groups excluding carboxylic acids is 1. The number of hydrogen-bond donors (Lipinski definition) is 2. The van der Waals surface area contributed by atoms with Crippen LogP contribution in [0.5, 0.6) is 11.5 Å². The molecule has 212 valence electrons. The van der Waals surface area contributed by atoms with Crippen LogP contribution in [0.25, 0.3) is 27.9 Å². The summed E-state index contributed by atoms with van der Waals surface area (Å²) in [6, 6.07) is 17.3. The van der Waals surface area contributed by atoms with Crippen LogP contribution in [-0.2, 0) is 12.6 Å². The molecule has 41 heavy (non-hydrogen) atoms. The Hall–Kier alpha value is -4.80. The second kappa shape index (κ2) is 11.4. The van der Waals surface area contributed by atoms with Gasteiger partial charge in [0.15, 0.2) is 17.1 Å². The van der Waals surface area contributed by atoms with Gasteiger partial charge in [-0.25, -0.2) is 9.97 Å². The minimum Gasteiger partial charge on any atom is -0.490 e. The molecule has 0 aliphatic rings. The number of nitrogens with zero attached hydrogens (tertiary/aromatic N) is 3. The van der Waals surface area contributed by atoms with E-state index in [0.29, 0.717) is 42.2 Å². The number of nitrogen functional groups attached to an aromatic ring is 1. The number of amides is 1. The van der Waals surface area contributed by atoms with Gasteiger partial charge in [0.2, 0.25) is 0 Å². The molecular weight excluding hydrogens is 535 g/mol. The molecule has 0 saturated carbocycles. The molecule has 3 aromatic carbocycles. The number of nitrogens with two attached hydrogens (primary N) is 1. The van der Waals surface area contributed by atoms with Gasteiger partial charge >= 0.3 is 6.18 Å². The number of rotatable bonds is 9. The van der Waals surface area contributed by atoms with Crippen LogP contribution >= 0.6 is 0 Å². The van der Waals surface area contributed by atoms with E-state index in [4.69, 9.17) is 15.2 Å². The van der Waals surface area contributed by atoms with Gasteiger partial charge in [-0.15, -0.1) is 0 Å². The van der Waals surface area contributed by atoms with E-state index in [-0.39, 0.29) is 34.8 Å². The average molecular weight is 564 g/mol. The molecule has 3 N–H and O–H groups in total. The van der Waals surface area contributed by atoms with E-state index < -0.39 is 17.6 Å². The first-order valence-electron chi connectivity index (χ1n) is 13.1. The molecule has 11 heteroatoms. The Labute approximate surface area is 233 Å². The lowest BCUT2D eigenvalue weighted by molar-refractivity contribution is -0.137. The molecule has 1 amide bonds. The fraction of sp³-hybridized carbons (Fsp3) is 0.233. The highest BCUT2D eigenvalue weighted by atomic mass is 19.4. The first-order chi connectivity index (χ1) is 19.7. The topological polar surface area (TPSA) is 104 Å². The lowest BCUT2D eigenvalue weighted by Gasteiger charge is -2.13. The standard InChI is InChI=1S/C30H28F3N5O3/c1-3-40-23-13-12-18(16-24(23)41-4-2)14-15-35-29(39)25-26-28(37-22-11-6-5-10-21(22)36-26)38(27(25)34)20-9-7-8-19(17-20)30(31,32)33/h5-13,16-17H,3-4,14-15,34H2,1-2H3,(H,35,39). The quantitative estimate of drug-likeness (QED) is 0.230. The third-order valence-corrected chi connectivity index (χ3v) is 6.46. The van der Waals surface area contributed by atoms with Crippen molar-refractivity contribution in [3.05, 3.63) is 83.4 Å². The van der Waals surface area contributed by atoms with E-state index in [1.807, 2.05) is 32.0 Å². The van der Waals surface area contributed by atoms with Crippen LogP contribution in [0.4, 0.5) is 19.0 Å². The van der Waals surface area contributed by atoms with E-state index in [0.717, 1.165) is 17.7 Å². The lowest BCUT2D eigenvalue weighted by atomic mass is 10.1. The summed E-state index contributed by atoms with van der Waals surface area (Å²) >= 11 is 0. The summed E-state index contributed by atoms with van der Waals surface area (Å²) in [6.07, 6.45) is -4.08. The van der Waals surface area contributed by atoms with E-state index >= 15 is 0 Å². The van der Waals surface area contributed by atoms with Gasteiger partial charge in [-0.1, -0.05) is 24.3 Å². The zero-order valence-corrected chi connectivity index (χ0v) is 22.5. The second-order valence-electron chi connectivity index (χ2n) is 9.18. The number of fused-ring (bicyclic) bond motifs is 2. The Morgan fingerprint density at radius 1 is 0.927 bits per heavy atom. The zero-order valence-electron chi connectivity index (χ0n) is 22.5. The first kappa shape index (κ1) is 27.8. The summed E-state index contributed by atoms with van der Waals surface area (Å²) in [7, 11) is 0. The Morgan fingerprint density at radius 2 is 1.63 bits per heavy atom. The number of anilines is 1. The molecule has 5 aromatic rings. The molecule has 0 unspecified atom stereocenters. The Kier molecular flexibility index (Phi) is 7.69. The smallest absolute Gasteiger partial charge is 0.416 e. The van der Waals surface area contributed by atoms with Crippen LogP contribution in [0.1, 0.15) is 35.3 Å². The molecule has 0 bridgehead atoms. The molecule has 0 radical (unpaired) electrons. The van der Waals surface area contributed by atoms with E-state index in [1.54, 1.807) is 24.3 Å². The van der Waals surface area contributed by atoms with Crippen LogP contribution in [0, 0.1) is 0 Å². The highest BCUT2D eigenvalue weighted by Crippen LogP contribution is 2.35. The maximum absolute atomic E-state index is 13.5. The number of benzene rings is 3. The van der Waals surface area contributed by atoms with Crippen molar-refractivity contribution in [3.8, 4) is 17.2 Å². The first-order valence-corrected chi connectivity index (χ1v) is 13.1. The molecule has 0 atom stereocenters. The van der Waals surface area contributed by atoms with Crippen molar-refractivity contribution < 1.29 is 27.4 Å². The maximum Gasteiger partial charge on any atom is 0.416 e. The number of hydrogen-bond acceptors (Lipinski definition) is 6. The molecular formula is C30H28F3N5O3. The minimum atomic E-state index is -4.56. The minimum absolute atomic E-state index is 0.0392. The van der Waals surface area contributed by atoms with Gasteiger partial charge in [-0.3, -0.25) is 9.36 Å². The number of para-hydroxylation sites is 2. The normalized spacial score (nSPS) is 11.6. The molecule has 0 saturated heterocycles. The SMILES string of the molecule is CCOc1ccc(CCNC(=O)c2c(N)n(-c3cccc(C(F)(F)F)c3)c3nc4ccccc4nc23)cc1OCC. The number of carbonyl (C=O) groups is 1. The van der Waals surface area contributed by atoms with Crippen molar-refractivity contribution >= 4 is 33.9 Å². The maximum atomic E-state index is 13.5. The number of halogens is 3. The number of aromatic nitrogens is 3. The highest BCUT2D eigenvalue weighted by Gasteiger charge is 2.31. The van der Waals surface area contributed by atoms with E-state index in [9.17, 15) is 18.0 Å². The third-order valence-electron chi connectivity index (χ3n) is 6.46. The molecule has 5 rings (SSSR count). The Bertz CT molecular complexity index is 1730. The number of alkyl halides is 3. The number of nitrogens with one attached hydrogen (secondary N) is 1. The van der Waals surface area contributed by atoms with Crippen LogP contribution < -0.4 is 20.5 Å². The molecule has 2 heterocycles. The largest absolute Gasteiger partial charge is 0.490 e. The Balaban J connectivity index is 1.50. The number of ether oxygens (including phenoxy) is 2. The van der Waals surface area contributed by atoms with Crippen molar-refractivity contribution in [1.82, 2.24) is 19.9 Å². The van der Waals surface area contributed by atoms with E-state index in [2.05, 4.69) is 15.3 Å². The van der Waals surface area contributed by atoms with Crippen LogP contribution in [0.2, 0.25) is 0 Å². The summed E-state index contributed by atoms with van der Waals surface area (Å²) in [6.45, 7) is 5.01. The van der Waals surface area contributed by atoms with Gasteiger partial charge in [-0.05, 0) is 68.3 Å². The van der Waals surface area contributed by atoms with Crippen molar-refractivity contribution in [3.63, 3.8) is 0 Å². The van der Waals surface area contributed by atoms with Crippen molar-refractivity contribution in [2.75, 3.05) is 25.5 Å². The van der Waals surface area contributed by atoms with E-state index in [1.165, 1.54) is 16.7 Å². The molecule has 2 aromatic heterocycles. The summed E-state index contributed by atoms with van der Waals surface area (Å²) in [5.41, 5.74) is 8.09. The molecule has 8 nitrogen and oxygen atoms in total. The summed E-state index contributed by atoms with van der Waals surface area (Å²) < 4.78 is 53.1. The lowest BCUT2D eigenvalue weighted by Crippen LogP contribution is -2.26. The van der Waals surface area contributed by atoms with Gasteiger partial charge in [0, 0.05) is 12.2 Å². The van der Waals surface area contributed by atoms with Gasteiger partial charge < -0.3 is 20.5 Å². The monoisotopic (exact) mass is 563 g/mol. The summed E-state index contributed by atoms with van der Waals surface area (Å²) in [5, 5.41) is 2.87. The van der Waals surface area contributed by atoms with Gasteiger partial charge in [0.05, 0.1) is 29.8 Å². The van der Waals surface area contributed by atoms with Crippen LogP contribution in [0.15, 0.2) is 66.7 Å². The molecule has 0 fully saturated rings. The second-order valence-corrected chi connectivity index (χ2v) is 9.18. The van der Waals surface area contributed by atoms with Crippen LogP contribution in [-0.4, -0.2) is 40.2 Å². The Morgan fingerprint density at radius 3 is 2.34 bits per heavy atom. The molecule has 0 aliphatic heterocycles. The van der Waals surface area contributed by atoms with Gasteiger partial charge in [0.1, 0.15) is 16.9 Å². The molecule has 0 spiro atoms. The summed E-state index contributed by atoms with van der Waals surface area (Å²) in [4.78, 5) is 22.7. The van der Waals surface area contributed by atoms with Gasteiger partial charge in [-0.2, -0.15) is 13.2 Å². The van der Waals surface area contributed by atoms with Crippen molar-refractivity contribution in [1.29, 1.82) is 0 Å².